The lowest BCUT2D eigenvalue weighted by atomic mass is 10.1. The van der Waals surface area contributed by atoms with Gasteiger partial charge in [-0.3, -0.25) is 0 Å². The lowest BCUT2D eigenvalue weighted by molar-refractivity contribution is -0.0163. The molecule has 9 heteroatoms. The Kier molecular flexibility index (Phi) is 30.2. The number of unbranched alkanes of at least 4 members (excludes halogenated alkanes) is 9. The summed E-state index contributed by atoms with van der Waals surface area (Å²) >= 11 is 0. The van der Waals surface area contributed by atoms with E-state index >= 15 is 0 Å². The van der Waals surface area contributed by atoms with Crippen LogP contribution >= 0.6 is 0 Å². The Morgan fingerprint density at radius 1 is 0.455 bits per heavy atom. The molecule has 0 N–H and O–H groups in total. The highest BCUT2D eigenvalue weighted by Crippen LogP contribution is 2.10. The summed E-state index contributed by atoms with van der Waals surface area (Å²) < 4.78 is 32.5. The first-order valence-corrected chi connectivity index (χ1v) is 12.9. The normalized spacial score (nSPS) is 11.1. The third-order valence-corrected chi connectivity index (χ3v) is 4.92. The van der Waals surface area contributed by atoms with Gasteiger partial charge in [0.25, 0.3) is 0 Å². The van der Waals surface area contributed by atoms with Gasteiger partial charge in [-0.1, -0.05) is 56.5 Å². The second-order valence-corrected chi connectivity index (χ2v) is 7.75. The van der Waals surface area contributed by atoms with Crippen LogP contribution in [0.15, 0.2) is 5.11 Å². The van der Waals surface area contributed by atoms with Gasteiger partial charge in [-0.05, 0) is 25.3 Å². The topological polar surface area (TPSA) is 104 Å². The zero-order valence-electron chi connectivity index (χ0n) is 21.1. The van der Waals surface area contributed by atoms with Gasteiger partial charge in [0.2, 0.25) is 0 Å². The van der Waals surface area contributed by atoms with E-state index in [1.807, 2.05) is 6.92 Å². The summed E-state index contributed by atoms with van der Waals surface area (Å²) in [6.45, 7) is 10.1. The summed E-state index contributed by atoms with van der Waals surface area (Å²) in [5.74, 6) is 0. The van der Waals surface area contributed by atoms with Gasteiger partial charge in [0.15, 0.2) is 0 Å². The van der Waals surface area contributed by atoms with E-state index in [4.69, 9.17) is 34.0 Å². The Bertz CT molecular complexity index is 412. The first-order chi connectivity index (χ1) is 16.4. The maximum Gasteiger partial charge on any atom is 0.0701 e. The lowest BCUT2D eigenvalue weighted by Crippen LogP contribution is -2.14. The molecular formula is C24H49N3O6. The molecule has 0 aromatic carbocycles. The van der Waals surface area contributed by atoms with E-state index < -0.39 is 0 Å². The molecule has 0 aromatic rings. The molecule has 0 spiro atoms. The highest BCUT2D eigenvalue weighted by molar-refractivity contribution is 4.50. The average Bonchev–Trinajstić information content (AvgIpc) is 2.83. The molecule has 0 atom stereocenters. The summed E-state index contributed by atoms with van der Waals surface area (Å²) in [6, 6.07) is 0. The van der Waals surface area contributed by atoms with Crippen LogP contribution in [-0.2, 0) is 28.4 Å². The minimum Gasteiger partial charge on any atom is -0.379 e. The summed E-state index contributed by atoms with van der Waals surface area (Å²) in [5.41, 5.74) is 8.20. The lowest BCUT2D eigenvalue weighted by Gasteiger charge is -2.08. The van der Waals surface area contributed by atoms with Crippen LogP contribution in [0, 0.1) is 0 Å². The second-order valence-electron chi connectivity index (χ2n) is 7.75. The molecule has 0 saturated heterocycles. The number of hydrogen-bond donors (Lipinski definition) is 0. The number of ether oxygens (including phenoxy) is 6. The molecule has 0 heterocycles. The Labute approximate surface area is 201 Å². The van der Waals surface area contributed by atoms with Crippen molar-refractivity contribution in [1.82, 2.24) is 0 Å². The standard InChI is InChI=1S/C24H49N3O6/c1-2-28-15-16-30-19-20-32-23-24-33-22-21-31-18-17-29-14-12-10-8-6-4-3-5-7-9-11-13-26-27-25/h2-24H2,1H3. The van der Waals surface area contributed by atoms with E-state index in [9.17, 15) is 0 Å². The third-order valence-electron chi connectivity index (χ3n) is 4.92. The fourth-order valence-electron chi connectivity index (χ4n) is 3.09. The van der Waals surface area contributed by atoms with Crippen LogP contribution in [0.1, 0.15) is 71.1 Å². The number of azide groups is 1. The quantitative estimate of drug-likeness (QED) is 0.0628. The molecule has 0 aliphatic heterocycles. The number of hydrogen-bond acceptors (Lipinski definition) is 7. The highest BCUT2D eigenvalue weighted by Gasteiger charge is 1.96. The van der Waals surface area contributed by atoms with Crippen molar-refractivity contribution >= 4 is 0 Å². The molecule has 0 unspecified atom stereocenters. The van der Waals surface area contributed by atoms with Crippen molar-refractivity contribution in [3.8, 4) is 0 Å². The van der Waals surface area contributed by atoms with Crippen molar-refractivity contribution in [2.75, 3.05) is 85.8 Å². The maximum atomic E-state index is 8.20. The minimum atomic E-state index is 0.567. The van der Waals surface area contributed by atoms with Crippen LogP contribution in [0.2, 0.25) is 0 Å². The third kappa shape index (κ3) is 31.1. The van der Waals surface area contributed by atoms with Crippen molar-refractivity contribution in [2.45, 2.75) is 71.1 Å². The SMILES string of the molecule is CCOCCOCCOCCOCCOCCOCCCCCCCCCCCCN=[N+]=[N-]. The summed E-state index contributed by atoms with van der Waals surface area (Å²) in [5, 5.41) is 3.55. The number of nitrogens with zero attached hydrogens (tertiary/aromatic N) is 3. The monoisotopic (exact) mass is 475 g/mol. The number of rotatable bonds is 29. The molecule has 0 aliphatic rings. The molecular weight excluding hydrogens is 426 g/mol. The van der Waals surface area contributed by atoms with Crippen LogP contribution in [0.5, 0.6) is 0 Å². The summed E-state index contributed by atoms with van der Waals surface area (Å²) in [4.78, 5) is 2.77. The van der Waals surface area contributed by atoms with Crippen LogP contribution in [0.4, 0.5) is 0 Å². The van der Waals surface area contributed by atoms with Gasteiger partial charge in [0.1, 0.15) is 0 Å². The van der Waals surface area contributed by atoms with E-state index in [0.29, 0.717) is 72.6 Å². The van der Waals surface area contributed by atoms with Gasteiger partial charge < -0.3 is 28.4 Å². The Balaban J connectivity index is 3.01. The van der Waals surface area contributed by atoms with E-state index in [-0.39, 0.29) is 0 Å². The molecule has 0 bridgehead atoms. The molecule has 0 saturated carbocycles. The van der Waals surface area contributed by atoms with Gasteiger partial charge in [-0.2, -0.15) is 0 Å². The predicted molar refractivity (Wildman–Crippen MR) is 131 cm³/mol. The van der Waals surface area contributed by atoms with Crippen molar-refractivity contribution in [2.24, 2.45) is 5.11 Å². The average molecular weight is 476 g/mol. The van der Waals surface area contributed by atoms with Crippen molar-refractivity contribution < 1.29 is 28.4 Å². The van der Waals surface area contributed by atoms with Gasteiger partial charge in [0.05, 0.1) is 66.1 Å². The Morgan fingerprint density at radius 3 is 1.18 bits per heavy atom. The molecule has 196 valence electrons. The van der Waals surface area contributed by atoms with Gasteiger partial charge in [-0.15, -0.1) is 0 Å². The molecule has 0 aromatic heterocycles. The van der Waals surface area contributed by atoms with Crippen LogP contribution in [-0.4, -0.2) is 85.8 Å². The fourth-order valence-corrected chi connectivity index (χ4v) is 3.09. The highest BCUT2D eigenvalue weighted by atomic mass is 16.6. The van der Waals surface area contributed by atoms with Crippen molar-refractivity contribution in [3.05, 3.63) is 10.4 Å². The zero-order valence-corrected chi connectivity index (χ0v) is 21.1. The zero-order chi connectivity index (χ0) is 23.9. The second kappa shape index (κ2) is 31.1. The maximum absolute atomic E-state index is 8.20. The van der Waals surface area contributed by atoms with Crippen molar-refractivity contribution in [1.29, 1.82) is 0 Å². The molecule has 0 fully saturated rings. The van der Waals surface area contributed by atoms with E-state index in [1.54, 1.807) is 0 Å². The molecule has 9 nitrogen and oxygen atoms in total. The molecule has 33 heavy (non-hydrogen) atoms. The molecule has 0 amide bonds. The van der Waals surface area contributed by atoms with Crippen LogP contribution in [0.3, 0.4) is 0 Å². The first-order valence-electron chi connectivity index (χ1n) is 12.9. The predicted octanol–water partition coefficient (Wildman–Crippen LogP) is 5.32. The van der Waals surface area contributed by atoms with Crippen molar-refractivity contribution in [3.63, 3.8) is 0 Å². The molecule has 0 radical (unpaired) electrons. The van der Waals surface area contributed by atoms with E-state index in [1.165, 1.54) is 51.4 Å². The Hall–Kier alpha value is -0.930. The van der Waals surface area contributed by atoms with Gasteiger partial charge in [-0.25, -0.2) is 0 Å². The fraction of sp³-hybridized carbons (Fsp3) is 1.00. The molecule has 0 aliphatic carbocycles. The molecule has 0 rings (SSSR count). The van der Waals surface area contributed by atoms with Crippen LogP contribution < -0.4 is 0 Å². The van der Waals surface area contributed by atoms with Gasteiger partial charge >= 0.3 is 0 Å². The van der Waals surface area contributed by atoms with Crippen LogP contribution in [0.25, 0.3) is 10.4 Å². The largest absolute Gasteiger partial charge is 0.379 e. The summed E-state index contributed by atoms with van der Waals surface area (Å²) in [6.07, 6.45) is 12.3. The first kappa shape index (κ1) is 32.1. The van der Waals surface area contributed by atoms with Gasteiger partial charge in [0, 0.05) is 24.7 Å². The van der Waals surface area contributed by atoms with E-state index in [2.05, 4.69) is 10.0 Å². The summed E-state index contributed by atoms with van der Waals surface area (Å²) in [7, 11) is 0. The smallest absolute Gasteiger partial charge is 0.0701 e. The minimum absolute atomic E-state index is 0.567. The van der Waals surface area contributed by atoms with E-state index in [0.717, 1.165) is 26.1 Å². The Morgan fingerprint density at radius 2 is 0.788 bits per heavy atom.